The van der Waals surface area contributed by atoms with Crippen molar-refractivity contribution in [2.24, 2.45) is 0 Å². The number of para-hydroxylation sites is 1. The van der Waals surface area contributed by atoms with Gasteiger partial charge in [0.1, 0.15) is 0 Å². The molecule has 1 heterocycles. The second-order valence-corrected chi connectivity index (χ2v) is 7.12. The van der Waals surface area contributed by atoms with Crippen LogP contribution >= 0.6 is 0 Å². The second kappa shape index (κ2) is 5.32. The third-order valence-electron chi connectivity index (χ3n) is 3.47. The Hall–Kier alpha value is -1.76. The minimum atomic E-state index is -2.99. The van der Waals surface area contributed by atoms with Crippen LogP contribution in [0.2, 0.25) is 0 Å². The molecule has 2 N–H and O–H groups in total. The number of sulfone groups is 1. The van der Waals surface area contributed by atoms with Crippen LogP contribution in [-0.2, 0) is 14.6 Å². The number of hydrogen-bond donors (Lipinski definition) is 1. The highest BCUT2D eigenvalue weighted by Crippen LogP contribution is 2.30. The molecule has 7 heteroatoms. The molecule has 1 aromatic rings. The molecule has 6 nitrogen and oxygen atoms in total. The number of carbonyl (C=O) groups is 1. The largest absolute Gasteiger partial charge is 0.465 e. The SMILES string of the molecule is COC(=O)c1cccc(N2CCS(=O)(=O)CC2C)c1N. The topological polar surface area (TPSA) is 89.7 Å². The summed E-state index contributed by atoms with van der Waals surface area (Å²) in [5.41, 5.74) is 7.33. The average molecular weight is 298 g/mol. The fourth-order valence-corrected chi connectivity index (χ4v) is 4.00. The third kappa shape index (κ3) is 2.72. The van der Waals surface area contributed by atoms with Crippen molar-refractivity contribution >= 4 is 27.2 Å². The zero-order valence-corrected chi connectivity index (χ0v) is 12.3. The number of nitrogen functional groups attached to an aromatic ring is 1. The van der Waals surface area contributed by atoms with Crippen molar-refractivity contribution in [3.05, 3.63) is 23.8 Å². The number of anilines is 2. The molecule has 1 aliphatic heterocycles. The van der Waals surface area contributed by atoms with E-state index in [1.54, 1.807) is 18.2 Å². The highest BCUT2D eigenvalue weighted by Gasteiger charge is 2.30. The molecule has 1 saturated heterocycles. The zero-order chi connectivity index (χ0) is 14.9. The maximum Gasteiger partial charge on any atom is 0.340 e. The van der Waals surface area contributed by atoms with Gasteiger partial charge in [-0.25, -0.2) is 13.2 Å². The van der Waals surface area contributed by atoms with Crippen molar-refractivity contribution in [1.29, 1.82) is 0 Å². The first-order chi connectivity index (χ1) is 9.35. The second-order valence-electron chi connectivity index (χ2n) is 4.89. The lowest BCUT2D eigenvalue weighted by atomic mass is 10.1. The first-order valence-electron chi connectivity index (χ1n) is 6.29. The first kappa shape index (κ1) is 14.6. The lowest BCUT2D eigenvalue weighted by Gasteiger charge is -2.36. The molecular weight excluding hydrogens is 280 g/mol. The number of benzene rings is 1. The molecular formula is C13H18N2O4S. The molecule has 0 saturated carbocycles. The van der Waals surface area contributed by atoms with Crippen molar-refractivity contribution in [3.8, 4) is 0 Å². The Morgan fingerprint density at radius 1 is 1.45 bits per heavy atom. The Morgan fingerprint density at radius 2 is 2.15 bits per heavy atom. The van der Waals surface area contributed by atoms with Gasteiger partial charge < -0.3 is 15.4 Å². The van der Waals surface area contributed by atoms with Gasteiger partial charge in [0.15, 0.2) is 9.84 Å². The Bertz CT molecular complexity index is 627. The summed E-state index contributed by atoms with van der Waals surface area (Å²) in [6.07, 6.45) is 0. The molecule has 1 fully saturated rings. The highest BCUT2D eigenvalue weighted by atomic mass is 32.2. The average Bonchev–Trinajstić information content (AvgIpc) is 2.38. The van der Waals surface area contributed by atoms with Crippen molar-refractivity contribution in [1.82, 2.24) is 0 Å². The van der Waals surface area contributed by atoms with Crippen LogP contribution in [0.1, 0.15) is 17.3 Å². The van der Waals surface area contributed by atoms with E-state index in [9.17, 15) is 13.2 Å². The van der Waals surface area contributed by atoms with Crippen molar-refractivity contribution < 1.29 is 17.9 Å². The zero-order valence-electron chi connectivity index (χ0n) is 11.5. The molecule has 0 amide bonds. The Kier molecular flexibility index (Phi) is 3.89. The molecule has 2 rings (SSSR count). The summed E-state index contributed by atoms with van der Waals surface area (Å²) < 4.78 is 27.9. The number of esters is 1. The summed E-state index contributed by atoms with van der Waals surface area (Å²) in [4.78, 5) is 13.6. The lowest BCUT2D eigenvalue weighted by molar-refractivity contribution is 0.0602. The predicted octanol–water partition coefficient (Wildman–Crippen LogP) is 0.679. The van der Waals surface area contributed by atoms with Gasteiger partial charge >= 0.3 is 5.97 Å². The third-order valence-corrected chi connectivity index (χ3v) is 5.26. The van der Waals surface area contributed by atoms with E-state index in [2.05, 4.69) is 4.74 Å². The molecule has 0 spiro atoms. The molecule has 1 aliphatic rings. The van der Waals surface area contributed by atoms with E-state index in [-0.39, 0.29) is 17.5 Å². The minimum Gasteiger partial charge on any atom is -0.465 e. The Morgan fingerprint density at radius 3 is 2.75 bits per heavy atom. The van der Waals surface area contributed by atoms with Crippen LogP contribution in [0.3, 0.4) is 0 Å². The van der Waals surface area contributed by atoms with Gasteiger partial charge in [-0.1, -0.05) is 6.07 Å². The number of ether oxygens (including phenoxy) is 1. The summed E-state index contributed by atoms with van der Waals surface area (Å²) in [5.74, 6) is -0.310. The number of nitrogens with zero attached hydrogens (tertiary/aromatic N) is 1. The van der Waals surface area contributed by atoms with E-state index in [4.69, 9.17) is 5.73 Å². The summed E-state index contributed by atoms with van der Waals surface area (Å²) in [7, 11) is -1.69. The van der Waals surface area contributed by atoms with Crippen molar-refractivity contribution in [2.45, 2.75) is 13.0 Å². The van der Waals surface area contributed by atoms with Crippen LogP contribution in [0.5, 0.6) is 0 Å². The molecule has 110 valence electrons. The van der Waals surface area contributed by atoms with Crippen LogP contribution in [0.15, 0.2) is 18.2 Å². The fourth-order valence-electron chi connectivity index (χ4n) is 2.45. The summed E-state index contributed by atoms with van der Waals surface area (Å²) in [6.45, 7) is 2.21. The molecule has 0 aromatic heterocycles. The smallest absolute Gasteiger partial charge is 0.340 e. The van der Waals surface area contributed by atoms with Gasteiger partial charge in [-0.15, -0.1) is 0 Å². The number of hydrogen-bond acceptors (Lipinski definition) is 6. The molecule has 0 aliphatic carbocycles. The standard InChI is InChI=1S/C13H18N2O4S/c1-9-8-20(17,18)7-6-15(9)11-5-3-4-10(12(11)14)13(16)19-2/h3-5,9H,6-8,14H2,1-2H3. The van der Waals surface area contributed by atoms with Gasteiger partial charge in [0.05, 0.1) is 35.6 Å². The molecule has 0 bridgehead atoms. The quantitative estimate of drug-likeness (QED) is 0.638. The van der Waals surface area contributed by atoms with E-state index in [1.165, 1.54) is 7.11 Å². The number of nitrogens with two attached hydrogens (primary N) is 1. The van der Waals surface area contributed by atoms with Crippen molar-refractivity contribution in [3.63, 3.8) is 0 Å². The lowest BCUT2D eigenvalue weighted by Crippen LogP contribution is -2.47. The van der Waals surface area contributed by atoms with Gasteiger partial charge in [0.25, 0.3) is 0 Å². The van der Waals surface area contributed by atoms with E-state index < -0.39 is 15.8 Å². The van der Waals surface area contributed by atoms with Crippen molar-refractivity contribution in [2.75, 3.05) is 35.8 Å². The molecule has 1 atom stereocenters. The first-order valence-corrected chi connectivity index (χ1v) is 8.11. The predicted molar refractivity (Wildman–Crippen MR) is 77.7 cm³/mol. The number of carbonyl (C=O) groups excluding carboxylic acids is 1. The summed E-state index contributed by atoms with van der Waals surface area (Å²) in [5, 5.41) is 0. The molecule has 0 radical (unpaired) electrons. The maximum absolute atomic E-state index is 11.6. The number of rotatable bonds is 2. The van der Waals surface area contributed by atoms with Gasteiger partial charge in [-0.3, -0.25) is 0 Å². The minimum absolute atomic E-state index is 0.0922. The fraction of sp³-hybridized carbons (Fsp3) is 0.462. The Balaban J connectivity index is 2.37. The molecule has 20 heavy (non-hydrogen) atoms. The van der Waals surface area contributed by atoms with Gasteiger partial charge in [-0.05, 0) is 19.1 Å². The molecule has 1 unspecified atom stereocenters. The van der Waals surface area contributed by atoms with Crippen LogP contribution in [0.4, 0.5) is 11.4 Å². The summed E-state index contributed by atoms with van der Waals surface area (Å²) >= 11 is 0. The van der Waals surface area contributed by atoms with Gasteiger partial charge in [0.2, 0.25) is 0 Å². The Labute approximate surface area is 118 Å². The van der Waals surface area contributed by atoms with Crippen LogP contribution in [0, 0.1) is 0 Å². The van der Waals surface area contributed by atoms with Gasteiger partial charge in [0, 0.05) is 12.6 Å². The monoisotopic (exact) mass is 298 g/mol. The normalized spacial score (nSPS) is 21.5. The van der Waals surface area contributed by atoms with Gasteiger partial charge in [-0.2, -0.15) is 0 Å². The van der Waals surface area contributed by atoms with E-state index >= 15 is 0 Å². The highest BCUT2D eigenvalue weighted by molar-refractivity contribution is 7.91. The van der Waals surface area contributed by atoms with Crippen LogP contribution in [-0.4, -0.2) is 45.6 Å². The maximum atomic E-state index is 11.6. The number of methoxy groups -OCH3 is 1. The van der Waals surface area contributed by atoms with Crippen LogP contribution < -0.4 is 10.6 Å². The van der Waals surface area contributed by atoms with E-state index in [1.807, 2.05) is 11.8 Å². The van der Waals surface area contributed by atoms with Crippen LogP contribution in [0.25, 0.3) is 0 Å². The van der Waals surface area contributed by atoms with E-state index in [0.717, 1.165) is 0 Å². The molecule has 1 aromatic carbocycles. The van der Waals surface area contributed by atoms with E-state index in [0.29, 0.717) is 23.5 Å². The summed E-state index contributed by atoms with van der Waals surface area (Å²) in [6, 6.07) is 4.92.